The van der Waals surface area contributed by atoms with Crippen LogP contribution in [-0.4, -0.2) is 22.1 Å². The third kappa shape index (κ3) is 4.77. The SMILES string of the molecule is CC(C)Nc1ccc(C(=O)Nc2ccc(C(C)(C)C)cc2)nn1. The maximum absolute atomic E-state index is 12.2. The first-order valence-corrected chi connectivity index (χ1v) is 7.78. The van der Waals surface area contributed by atoms with Crippen molar-refractivity contribution in [2.75, 3.05) is 10.6 Å². The lowest BCUT2D eigenvalue weighted by atomic mass is 9.87. The number of carbonyl (C=O) groups is 1. The molecule has 0 spiro atoms. The summed E-state index contributed by atoms with van der Waals surface area (Å²) in [5, 5.41) is 13.9. The average molecular weight is 312 g/mol. The zero-order valence-electron chi connectivity index (χ0n) is 14.3. The molecule has 0 saturated carbocycles. The van der Waals surface area contributed by atoms with Gasteiger partial charge < -0.3 is 10.6 Å². The number of nitrogens with one attached hydrogen (secondary N) is 2. The molecule has 2 N–H and O–H groups in total. The van der Waals surface area contributed by atoms with Crippen molar-refractivity contribution in [1.29, 1.82) is 0 Å². The fourth-order valence-electron chi connectivity index (χ4n) is 2.07. The van der Waals surface area contributed by atoms with Crippen molar-refractivity contribution in [3.63, 3.8) is 0 Å². The predicted octanol–water partition coefficient (Wildman–Crippen LogP) is 3.85. The molecule has 5 nitrogen and oxygen atoms in total. The summed E-state index contributed by atoms with van der Waals surface area (Å²) in [5.41, 5.74) is 2.35. The van der Waals surface area contributed by atoms with Crippen molar-refractivity contribution in [2.45, 2.75) is 46.1 Å². The minimum absolute atomic E-state index is 0.0905. The van der Waals surface area contributed by atoms with Gasteiger partial charge in [-0.3, -0.25) is 4.79 Å². The Morgan fingerprint density at radius 1 is 1.00 bits per heavy atom. The zero-order valence-corrected chi connectivity index (χ0v) is 14.3. The van der Waals surface area contributed by atoms with Crippen molar-refractivity contribution in [3.05, 3.63) is 47.7 Å². The fraction of sp³-hybridized carbons (Fsp3) is 0.389. The summed E-state index contributed by atoms with van der Waals surface area (Å²) in [6.45, 7) is 10.5. The molecule has 122 valence electrons. The van der Waals surface area contributed by atoms with Crippen LogP contribution >= 0.6 is 0 Å². The molecule has 1 amide bonds. The van der Waals surface area contributed by atoms with Crippen LogP contribution in [0, 0.1) is 0 Å². The van der Waals surface area contributed by atoms with Crippen LogP contribution < -0.4 is 10.6 Å². The molecule has 0 fully saturated rings. The van der Waals surface area contributed by atoms with E-state index in [0.29, 0.717) is 11.5 Å². The van der Waals surface area contributed by atoms with Crippen molar-refractivity contribution in [3.8, 4) is 0 Å². The van der Waals surface area contributed by atoms with Gasteiger partial charge in [-0.25, -0.2) is 0 Å². The van der Waals surface area contributed by atoms with Crippen LogP contribution in [0.1, 0.15) is 50.7 Å². The van der Waals surface area contributed by atoms with Gasteiger partial charge in [0.05, 0.1) is 0 Å². The molecular formula is C18H24N4O. The number of amides is 1. The fourth-order valence-corrected chi connectivity index (χ4v) is 2.07. The maximum Gasteiger partial charge on any atom is 0.276 e. The number of carbonyl (C=O) groups excluding carboxylic acids is 1. The molecule has 5 heteroatoms. The van der Waals surface area contributed by atoms with Gasteiger partial charge in [-0.15, -0.1) is 10.2 Å². The molecule has 1 heterocycles. The molecule has 0 atom stereocenters. The number of hydrogen-bond acceptors (Lipinski definition) is 4. The van der Waals surface area contributed by atoms with Crippen molar-refractivity contribution in [1.82, 2.24) is 10.2 Å². The molecule has 0 saturated heterocycles. The van der Waals surface area contributed by atoms with Crippen LogP contribution in [0.2, 0.25) is 0 Å². The lowest BCUT2D eigenvalue weighted by molar-refractivity contribution is 0.102. The smallest absolute Gasteiger partial charge is 0.276 e. The molecule has 2 aromatic rings. The van der Waals surface area contributed by atoms with E-state index in [0.717, 1.165) is 5.69 Å². The molecule has 0 aliphatic rings. The van der Waals surface area contributed by atoms with Crippen LogP contribution in [0.3, 0.4) is 0 Å². The number of rotatable bonds is 4. The highest BCUT2D eigenvalue weighted by Gasteiger charge is 2.14. The monoisotopic (exact) mass is 312 g/mol. The molecule has 0 bridgehead atoms. The number of nitrogens with zero attached hydrogens (tertiary/aromatic N) is 2. The number of aromatic nitrogens is 2. The number of anilines is 2. The average Bonchev–Trinajstić information content (AvgIpc) is 2.47. The first-order chi connectivity index (χ1) is 10.8. The third-order valence-electron chi connectivity index (χ3n) is 3.34. The van der Waals surface area contributed by atoms with Crippen LogP contribution in [0.15, 0.2) is 36.4 Å². The van der Waals surface area contributed by atoms with E-state index in [1.165, 1.54) is 5.56 Å². The first-order valence-electron chi connectivity index (χ1n) is 7.78. The number of benzene rings is 1. The summed E-state index contributed by atoms with van der Waals surface area (Å²) >= 11 is 0. The standard InChI is InChI=1S/C18H24N4O/c1-12(2)19-16-11-10-15(21-22-16)17(23)20-14-8-6-13(7-9-14)18(3,4)5/h6-12H,1-5H3,(H,19,22)(H,20,23). The van der Waals surface area contributed by atoms with E-state index >= 15 is 0 Å². The van der Waals surface area contributed by atoms with E-state index in [1.807, 2.05) is 38.1 Å². The van der Waals surface area contributed by atoms with Crippen LogP contribution in [0.4, 0.5) is 11.5 Å². The second-order valence-electron chi connectivity index (χ2n) is 6.88. The molecule has 1 aromatic carbocycles. The van der Waals surface area contributed by atoms with Gasteiger partial charge >= 0.3 is 0 Å². The zero-order chi connectivity index (χ0) is 17.0. The lowest BCUT2D eigenvalue weighted by Crippen LogP contribution is -2.16. The van der Waals surface area contributed by atoms with Gasteiger partial charge in [0.1, 0.15) is 5.82 Å². The topological polar surface area (TPSA) is 66.9 Å². The van der Waals surface area contributed by atoms with Crippen LogP contribution in [0.5, 0.6) is 0 Å². The van der Waals surface area contributed by atoms with Crippen LogP contribution in [0.25, 0.3) is 0 Å². The highest BCUT2D eigenvalue weighted by atomic mass is 16.1. The van der Waals surface area contributed by atoms with E-state index in [4.69, 9.17) is 0 Å². The van der Waals surface area contributed by atoms with E-state index in [1.54, 1.807) is 12.1 Å². The minimum atomic E-state index is -0.267. The molecule has 1 aromatic heterocycles. The summed E-state index contributed by atoms with van der Waals surface area (Å²) < 4.78 is 0. The van der Waals surface area contributed by atoms with Crippen molar-refractivity contribution < 1.29 is 4.79 Å². The second kappa shape index (κ2) is 6.77. The van der Waals surface area contributed by atoms with Gasteiger partial charge in [0.15, 0.2) is 5.69 Å². The molecule has 2 rings (SSSR count). The van der Waals surface area contributed by atoms with Crippen molar-refractivity contribution >= 4 is 17.4 Å². The van der Waals surface area contributed by atoms with Gasteiger partial charge in [-0.05, 0) is 49.1 Å². The van der Waals surface area contributed by atoms with Gasteiger partial charge in [-0.1, -0.05) is 32.9 Å². The summed E-state index contributed by atoms with van der Waals surface area (Å²) in [7, 11) is 0. The van der Waals surface area contributed by atoms with E-state index < -0.39 is 0 Å². The van der Waals surface area contributed by atoms with E-state index in [-0.39, 0.29) is 17.4 Å². The highest BCUT2D eigenvalue weighted by Crippen LogP contribution is 2.23. The normalized spacial score (nSPS) is 11.4. The minimum Gasteiger partial charge on any atom is -0.366 e. The van der Waals surface area contributed by atoms with Crippen LogP contribution in [-0.2, 0) is 5.41 Å². The van der Waals surface area contributed by atoms with Gasteiger partial charge in [0.2, 0.25) is 0 Å². The Balaban J connectivity index is 2.04. The molecule has 0 aliphatic carbocycles. The highest BCUT2D eigenvalue weighted by molar-refractivity contribution is 6.02. The molecule has 0 unspecified atom stereocenters. The van der Waals surface area contributed by atoms with Crippen molar-refractivity contribution in [2.24, 2.45) is 0 Å². The molecular weight excluding hydrogens is 288 g/mol. The number of hydrogen-bond donors (Lipinski definition) is 2. The Morgan fingerprint density at radius 2 is 1.65 bits per heavy atom. The Labute approximate surface area is 137 Å². The van der Waals surface area contributed by atoms with Gasteiger partial charge in [-0.2, -0.15) is 0 Å². The lowest BCUT2D eigenvalue weighted by Gasteiger charge is -2.19. The summed E-state index contributed by atoms with van der Waals surface area (Å²) in [6.07, 6.45) is 0. The quantitative estimate of drug-likeness (QED) is 0.900. The maximum atomic E-state index is 12.2. The predicted molar refractivity (Wildman–Crippen MR) is 93.9 cm³/mol. The second-order valence-corrected chi connectivity index (χ2v) is 6.88. The molecule has 0 aliphatic heterocycles. The first kappa shape index (κ1) is 16.9. The Morgan fingerprint density at radius 3 is 2.13 bits per heavy atom. The Hall–Kier alpha value is -2.43. The van der Waals surface area contributed by atoms with Gasteiger partial charge in [0, 0.05) is 11.7 Å². The Kier molecular flexibility index (Phi) is 4.98. The summed E-state index contributed by atoms with van der Waals surface area (Å²) in [4.78, 5) is 12.2. The van der Waals surface area contributed by atoms with E-state index in [9.17, 15) is 4.79 Å². The third-order valence-corrected chi connectivity index (χ3v) is 3.34. The van der Waals surface area contributed by atoms with Gasteiger partial charge in [0.25, 0.3) is 5.91 Å². The Bertz CT molecular complexity index is 655. The van der Waals surface area contributed by atoms with E-state index in [2.05, 4.69) is 41.6 Å². The largest absolute Gasteiger partial charge is 0.366 e. The summed E-state index contributed by atoms with van der Waals surface area (Å²) in [6, 6.07) is 11.5. The summed E-state index contributed by atoms with van der Waals surface area (Å²) in [5.74, 6) is 0.392. The molecule has 0 radical (unpaired) electrons. The molecule has 23 heavy (non-hydrogen) atoms.